The summed E-state index contributed by atoms with van der Waals surface area (Å²) in [6.07, 6.45) is 2.08. The molecular formula is C25H23FN4O4S. The Balaban J connectivity index is 1.35. The van der Waals surface area contributed by atoms with Gasteiger partial charge in [0.1, 0.15) is 5.01 Å². The number of aromatic nitrogens is 3. The topological polar surface area (TPSA) is 95.5 Å². The molecule has 0 bridgehead atoms. The zero-order valence-corrected chi connectivity index (χ0v) is 20.2. The third-order valence-electron chi connectivity index (χ3n) is 5.05. The van der Waals surface area contributed by atoms with E-state index in [0.29, 0.717) is 34.5 Å². The van der Waals surface area contributed by atoms with Gasteiger partial charge in [0.25, 0.3) is 0 Å². The number of anilines is 1. The highest BCUT2D eigenvalue weighted by Gasteiger charge is 2.13. The van der Waals surface area contributed by atoms with Crippen LogP contribution in [-0.4, -0.2) is 35.3 Å². The van der Waals surface area contributed by atoms with Crippen molar-refractivity contribution in [2.45, 2.75) is 19.8 Å². The number of benzene rings is 2. The number of ether oxygens (including phenoxy) is 3. The van der Waals surface area contributed by atoms with Crippen molar-refractivity contribution in [3.8, 4) is 23.1 Å². The number of amides is 1. The molecule has 0 aliphatic carbocycles. The van der Waals surface area contributed by atoms with Crippen LogP contribution < -0.4 is 19.5 Å². The zero-order valence-electron chi connectivity index (χ0n) is 19.4. The van der Waals surface area contributed by atoms with Crippen LogP contribution in [0.4, 0.5) is 9.52 Å². The molecule has 0 atom stereocenters. The highest BCUT2D eigenvalue weighted by molar-refractivity contribution is 7.15. The lowest BCUT2D eigenvalue weighted by atomic mass is 10.1. The first kappa shape index (κ1) is 24.1. The number of methoxy groups -OCH3 is 2. The van der Waals surface area contributed by atoms with E-state index in [1.807, 2.05) is 31.2 Å². The highest BCUT2D eigenvalue weighted by Crippen LogP contribution is 2.29. The fraction of sp³-hybridized carbons (Fsp3) is 0.200. The van der Waals surface area contributed by atoms with Crippen LogP contribution in [0.5, 0.6) is 23.1 Å². The summed E-state index contributed by atoms with van der Waals surface area (Å²) in [5.41, 5.74) is 2.26. The van der Waals surface area contributed by atoms with Crippen LogP contribution in [0, 0.1) is 12.7 Å². The van der Waals surface area contributed by atoms with Gasteiger partial charge in [-0.1, -0.05) is 29.5 Å². The number of aryl methyl sites for hydroxylation is 1. The van der Waals surface area contributed by atoms with Gasteiger partial charge in [-0.15, -0.1) is 10.2 Å². The van der Waals surface area contributed by atoms with E-state index >= 15 is 0 Å². The van der Waals surface area contributed by atoms with Crippen molar-refractivity contribution in [1.82, 2.24) is 15.2 Å². The maximum atomic E-state index is 14.5. The average Bonchev–Trinajstić information content (AvgIpc) is 3.28. The average molecular weight is 495 g/mol. The molecule has 8 nitrogen and oxygen atoms in total. The van der Waals surface area contributed by atoms with Crippen LogP contribution in [0.15, 0.2) is 54.7 Å². The second-order valence-corrected chi connectivity index (χ2v) is 8.65. The van der Waals surface area contributed by atoms with Gasteiger partial charge in [0.05, 0.1) is 20.6 Å². The smallest absolute Gasteiger partial charge is 0.230 e. The minimum absolute atomic E-state index is 0.0234. The molecule has 0 saturated carbocycles. The highest BCUT2D eigenvalue weighted by atomic mass is 32.1. The van der Waals surface area contributed by atoms with Crippen molar-refractivity contribution in [1.29, 1.82) is 0 Å². The first-order chi connectivity index (χ1) is 16.9. The number of pyridine rings is 1. The molecule has 2 heterocycles. The number of halogens is 1. The Morgan fingerprint density at radius 1 is 1.00 bits per heavy atom. The summed E-state index contributed by atoms with van der Waals surface area (Å²) in [5.74, 6) is 0.740. The molecule has 0 aliphatic heterocycles. The molecule has 35 heavy (non-hydrogen) atoms. The van der Waals surface area contributed by atoms with Crippen molar-refractivity contribution in [2.75, 3.05) is 19.5 Å². The third-order valence-corrected chi connectivity index (χ3v) is 5.88. The fourth-order valence-corrected chi connectivity index (χ4v) is 4.10. The molecule has 2 aromatic heterocycles. The number of carbonyl (C=O) groups excluding carboxylic acids is 1. The lowest BCUT2D eigenvalue weighted by molar-refractivity contribution is -0.115. The number of nitrogens with zero attached hydrogens (tertiary/aromatic N) is 3. The largest absolute Gasteiger partial charge is 0.493 e. The SMILES string of the molecule is COc1ccc(Cc2nnc(NC(=O)Cc3ccc(Oc4ncccc4C)c(F)c3)s2)cc1OC. The Kier molecular flexibility index (Phi) is 7.51. The third kappa shape index (κ3) is 6.10. The van der Waals surface area contributed by atoms with Crippen LogP contribution in [0.25, 0.3) is 0 Å². The van der Waals surface area contributed by atoms with Gasteiger partial charge < -0.3 is 19.5 Å². The predicted molar refractivity (Wildman–Crippen MR) is 130 cm³/mol. The molecule has 0 saturated heterocycles. The normalized spacial score (nSPS) is 10.6. The van der Waals surface area contributed by atoms with Crippen LogP contribution in [0.1, 0.15) is 21.7 Å². The second-order valence-electron chi connectivity index (χ2n) is 7.58. The molecule has 0 aliphatic rings. The maximum absolute atomic E-state index is 14.5. The van der Waals surface area contributed by atoms with Crippen LogP contribution in [0.2, 0.25) is 0 Å². The Bertz CT molecular complexity index is 1340. The van der Waals surface area contributed by atoms with Crippen molar-refractivity contribution < 1.29 is 23.4 Å². The minimum Gasteiger partial charge on any atom is -0.493 e. The first-order valence-electron chi connectivity index (χ1n) is 10.7. The summed E-state index contributed by atoms with van der Waals surface area (Å²) in [4.78, 5) is 16.6. The Morgan fingerprint density at radius 3 is 2.51 bits per heavy atom. The molecule has 0 radical (unpaired) electrons. The van der Waals surface area contributed by atoms with E-state index < -0.39 is 5.82 Å². The summed E-state index contributed by atoms with van der Waals surface area (Å²) >= 11 is 1.27. The number of hydrogen-bond donors (Lipinski definition) is 1. The first-order valence-corrected chi connectivity index (χ1v) is 11.5. The summed E-state index contributed by atoms with van der Waals surface area (Å²) < 4.78 is 30.7. The van der Waals surface area contributed by atoms with Gasteiger partial charge in [-0.3, -0.25) is 4.79 Å². The van der Waals surface area contributed by atoms with Crippen LogP contribution in [0.3, 0.4) is 0 Å². The van der Waals surface area contributed by atoms with Crippen molar-refractivity contribution >= 4 is 22.4 Å². The number of hydrogen-bond acceptors (Lipinski definition) is 8. The lowest BCUT2D eigenvalue weighted by Crippen LogP contribution is -2.14. The van der Waals surface area contributed by atoms with E-state index in [1.54, 1.807) is 32.5 Å². The van der Waals surface area contributed by atoms with E-state index in [2.05, 4.69) is 20.5 Å². The van der Waals surface area contributed by atoms with Gasteiger partial charge >= 0.3 is 0 Å². The molecule has 180 valence electrons. The standard InChI is InChI=1S/C25H23FN4O4S/c1-15-5-4-10-27-24(15)34-19-8-6-16(11-18(19)26)13-22(31)28-25-30-29-23(35-25)14-17-7-9-20(32-2)21(12-17)33-3/h4-12H,13-14H2,1-3H3,(H,28,30,31). The molecule has 0 fully saturated rings. The summed E-state index contributed by atoms with van der Waals surface area (Å²) in [7, 11) is 3.16. The maximum Gasteiger partial charge on any atom is 0.230 e. The summed E-state index contributed by atoms with van der Waals surface area (Å²) in [6.45, 7) is 1.83. The zero-order chi connectivity index (χ0) is 24.8. The van der Waals surface area contributed by atoms with E-state index in [-0.39, 0.29) is 18.1 Å². The summed E-state index contributed by atoms with van der Waals surface area (Å²) in [5, 5.41) is 12.0. The monoisotopic (exact) mass is 494 g/mol. The molecule has 0 unspecified atom stereocenters. The summed E-state index contributed by atoms with van der Waals surface area (Å²) in [6, 6.07) is 13.6. The quantitative estimate of drug-likeness (QED) is 0.351. The van der Waals surface area contributed by atoms with Gasteiger partial charge in [0, 0.05) is 18.2 Å². The van der Waals surface area contributed by atoms with E-state index in [1.165, 1.54) is 23.5 Å². The fourth-order valence-electron chi connectivity index (χ4n) is 3.31. The Labute approximate surface area is 205 Å². The minimum atomic E-state index is -0.575. The Hall–Kier alpha value is -4.05. The molecule has 1 amide bonds. The van der Waals surface area contributed by atoms with Crippen LogP contribution in [-0.2, 0) is 17.6 Å². The number of carbonyl (C=O) groups is 1. The van der Waals surface area contributed by atoms with E-state index in [4.69, 9.17) is 14.2 Å². The molecule has 4 rings (SSSR count). The molecule has 0 spiro atoms. The predicted octanol–water partition coefficient (Wildman–Crippen LogP) is 4.96. The van der Waals surface area contributed by atoms with Gasteiger partial charge in [-0.2, -0.15) is 0 Å². The molecular weight excluding hydrogens is 471 g/mol. The van der Waals surface area contributed by atoms with Gasteiger partial charge in [-0.05, 0) is 48.4 Å². The van der Waals surface area contributed by atoms with E-state index in [9.17, 15) is 9.18 Å². The van der Waals surface area contributed by atoms with E-state index in [0.717, 1.165) is 16.1 Å². The molecule has 4 aromatic rings. The van der Waals surface area contributed by atoms with Crippen molar-refractivity contribution in [3.05, 3.63) is 82.2 Å². The van der Waals surface area contributed by atoms with Gasteiger partial charge in [-0.25, -0.2) is 9.37 Å². The molecule has 2 aromatic carbocycles. The van der Waals surface area contributed by atoms with Crippen molar-refractivity contribution in [3.63, 3.8) is 0 Å². The van der Waals surface area contributed by atoms with Crippen LogP contribution >= 0.6 is 11.3 Å². The number of nitrogens with one attached hydrogen (secondary N) is 1. The number of rotatable bonds is 9. The van der Waals surface area contributed by atoms with Crippen molar-refractivity contribution in [2.24, 2.45) is 0 Å². The Morgan fingerprint density at radius 2 is 1.77 bits per heavy atom. The molecule has 10 heteroatoms. The lowest BCUT2D eigenvalue weighted by Gasteiger charge is -2.09. The molecule has 1 N–H and O–H groups in total. The second kappa shape index (κ2) is 10.9. The van der Waals surface area contributed by atoms with Gasteiger partial charge in [0.2, 0.25) is 16.9 Å². The van der Waals surface area contributed by atoms with Gasteiger partial charge in [0.15, 0.2) is 23.1 Å².